The van der Waals surface area contributed by atoms with E-state index in [1.54, 1.807) is 11.8 Å². The fourth-order valence-corrected chi connectivity index (χ4v) is 3.14. The number of piperidine rings is 1. The van der Waals surface area contributed by atoms with Gasteiger partial charge in [-0.1, -0.05) is 18.1 Å². The molecule has 2 nitrogen and oxygen atoms in total. The maximum atomic E-state index is 5.37. The second-order valence-electron chi connectivity index (χ2n) is 5.42. The van der Waals surface area contributed by atoms with Gasteiger partial charge in [0.05, 0.1) is 6.54 Å². The number of nitrogens with one attached hydrogen (secondary N) is 1. The third-order valence-electron chi connectivity index (χ3n) is 4.00. The quantitative estimate of drug-likeness (QED) is 0.662. The summed E-state index contributed by atoms with van der Waals surface area (Å²) in [6, 6.07) is 9.89. The second-order valence-corrected chi connectivity index (χ2v) is 6.30. The Balaban J connectivity index is 1.82. The minimum absolute atomic E-state index is 0.412. The molecule has 0 aromatic heterocycles. The number of hydrogen-bond donors (Lipinski definition) is 1. The van der Waals surface area contributed by atoms with Gasteiger partial charge in [-0.25, -0.2) is 0 Å². The zero-order valence-electron chi connectivity index (χ0n) is 12.4. The van der Waals surface area contributed by atoms with Gasteiger partial charge in [-0.2, -0.15) is 0 Å². The van der Waals surface area contributed by atoms with E-state index in [4.69, 9.17) is 6.42 Å². The number of thioether (sulfide) groups is 1. The molecule has 0 saturated carbocycles. The largest absolute Gasteiger partial charge is 0.307 e. The normalized spacial score (nSPS) is 18.6. The van der Waals surface area contributed by atoms with E-state index in [0.717, 1.165) is 19.6 Å². The predicted molar refractivity (Wildman–Crippen MR) is 88.1 cm³/mol. The molecule has 0 spiro atoms. The molecule has 1 saturated heterocycles. The molecular weight excluding hydrogens is 264 g/mol. The first-order chi connectivity index (χ1) is 9.72. The van der Waals surface area contributed by atoms with Crippen molar-refractivity contribution in [2.75, 3.05) is 25.9 Å². The van der Waals surface area contributed by atoms with Crippen LogP contribution in [0.15, 0.2) is 29.2 Å². The molecule has 1 N–H and O–H groups in total. The van der Waals surface area contributed by atoms with E-state index in [-0.39, 0.29) is 0 Å². The minimum Gasteiger partial charge on any atom is -0.307 e. The van der Waals surface area contributed by atoms with Crippen molar-refractivity contribution in [3.05, 3.63) is 29.8 Å². The van der Waals surface area contributed by atoms with Crippen LogP contribution in [0.1, 0.15) is 31.4 Å². The summed E-state index contributed by atoms with van der Waals surface area (Å²) in [7, 11) is 0. The molecule has 0 amide bonds. The lowest BCUT2D eigenvalue weighted by atomic mass is 10.0. The molecule has 1 aromatic rings. The predicted octanol–water partition coefficient (Wildman–Crippen LogP) is 3.16. The molecule has 1 fully saturated rings. The van der Waals surface area contributed by atoms with Gasteiger partial charge in [0.1, 0.15) is 0 Å². The van der Waals surface area contributed by atoms with Crippen LogP contribution in [0, 0.1) is 12.3 Å². The topological polar surface area (TPSA) is 15.3 Å². The highest BCUT2D eigenvalue weighted by Crippen LogP contribution is 2.20. The number of rotatable bonds is 5. The summed E-state index contributed by atoms with van der Waals surface area (Å²) in [5.41, 5.74) is 1.37. The van der Waals surface area contributed by atoms with E-state index >= 15 is 0 Å². The van der Waals surface area contributed by atoms with Crippen LogP contribution in [0.3, 0.4) is 0 Å². The Morgan fingerprint density at radius 2 is 2.00 bits per heavy atom. The van der Waals surface area contributed by atoms with Gasteiger partial charge < -0.3 is 5.32 Å². The van der Waals surface area contributed by atoms with Gasteiger partial charge in [-0.3, -0.25) is 4.90 Å². The Morgan fingerprint density at radius 3 is 2.55 bits per heavy atom. The molecule has 3 heteroatoms. The maximum Gasteiger partial charge on any atom is 0.0598 e. The number of nitrogens with zero attached hydrogens (tertiary/aromatic N) is 1. The van der Waals surface area contributed by atoms with Crippen molar-refractivity contribution in [3.63, 3.8) is 0 Å². The van der Waals surface area contributed by atoms with Crippen molar-refractivity contribution >= 4 is 11.8 Å². The van der Waals surface area contributed by atoms with Crippen LogP contribution >= 0.6 is 11.8 Å². The fourth-order valence-electron chi connectivity index (χ4n) is 2.73. The lowest BCUT2D eigenvalue weighted by Crippen LogP contribution is -2.43. The minimum atomic E-state index is 0.412. The van der Waals surface area contributed by atoms with E-state index in [1.165, 1.54) is 23.3 Å². The van der Waals surface area contributed by atoms with Crippen LogP contribution in [0.5, 0.6) is 0 Å². The summed E-state index contributed by atoms with van der Waals surface area (Å²) in [6.45, 7) is 5.26. The van der Waals surface area contributed by atoms with Gasteiger partial charge in [0.2, 0.25) is 0 Å². The van der Waals surface area contributed by atoms with Crippen LogP contribution in [0.4, 0.5) is 0 Å². The average Bonchev–Trinajstić information content (AvgIpc) is 2.49. The summed E-state index contributed by atoms with van der Waals surface area (Å²) in [4.78, 5) is 3.68. The van der Waals surface area contributed by atoms with Gasteiger partial charge in [0, 0.05) is 30.1 Å². The van der Waals surface area contributed by atoms with E-state index < -0.39 is 0 Å². The van der Waals surface area contributed by atoms with Crippen molar-refractivity contribution in [2.24, 2.45) is 0 Å². The molecule has 1 heterocycles. The van der Waals surface area contributed by atoms with Gasteiger partial charge in [0.15, 0.2) is 0 Å². The Morgan fingerprint density at radius 1 is 1.35 bits per heavy atom. The molecule has 0 bridgehead atoms. The molecule has 20 heavy (non-hydrogen) atoms. The monoisotopic (exact) mass is 288 g/mol. The number of likely N-dealkylation sites (tertiary alicyclic amines) is 1. The summed E-state index contributed by atoms with van der Waals surface area (Å²) in [5, 5.41) is 3.75. The molecule has 1 aromatic carbocycles. The molecule has 1 aliphatic heterocycles. The van der Waals surface area contributed by atoms with Crippen LogP contribution in [-0.2, 0) is 0 Å². The van der Waals surface area contributed by atoms with Crippen molar-refractivity contribution in [2.45, 2.75) is 36.7 Å². The Labute approximate surface area is 127 Å². The highest BCUT2D eigenvalue weighted by molar-refractivity contribution is 7.98. The maximum absolute atomic E-state index is 5.37. The van der Waals surface area contributed by atoms with E-state index in [2.05, 4.69) is 53.6 Å². The number of benzene rings is 1. The van der Waals surface area contributed by atoms with Gasteiger partial charge >= 0.3 is 0 Å². The fraction of sp³-hybridized carbons (Fsp3) is 0.529. The Kier molecular flexibility index (Phi) is 5.97. The molecule has 1 atom stereocenters. The molecule has 0 radical (unpaired) electrons. The van der Waals surface area contributed by atoms with Crippen molar-refractivity contribution < 1.29 is 0 Å². The van der Waals surface area contributed by atoms with Gasteiger partial charge in [-0.15, -0.1) is 18.2 Å². The first-order valence-electron chi connectivity index (χ1n) is 7.28. The summed E-state index contributed by atoms with van der Waals surface area (Å²) in [6.07, 6.45) is 9.86. The highest BCUT2D eigenvalue weighted by Gasteiger charge is 2.20. The molecule has 108 valence electrons. The van der Waals surface area contributed by atoms with Crippen LogP contribution in [0.25, 0.3) is 0 Å². The summed E-state index contributed by atoms with van der Waals surface area (Å²) >= 11 is 1.79. The van der Waals surface area contributed by atoms with Crippen molar-refractivity contribution in [3.8, 4) is 12.3 Å². The molecule has 1 unspecified atom stereocenters. The standard InChI is InChI=1S/C17H24N2S/c1-4-11-19-12-9-16(10-13-19)18-14(2)15-5-7-17(20-3)8-6-15/h1,5-8,14,16,18H,9-13H2,2-3H3. The van der Waals surface area contributed by atoms with Crippen molar-refractivity contribution in [1.82, 2.24) is 10.2 Å². The van der Waals surface area contributed by atoms with Crippen LogP contribution in [-0.4, -0.2) is 36.8 Å². The average molecular weight is 288 g/mol. The first kappa shape index (κ1) is 15.4. The smallest absolute Gasteiger partial charge is 0.0598 e. The third kappa shape index (κ3) is 4.28. The Bertz CT molecular complexity index is 441. The third-order valence-corrected chi connectivity index (χ3v) is 4.75. The van der Waals surface area contributed by atoms with Gasteiger partial charge in [-0.05, 0) is 43.7 Å². The lowest BCUT2D eigenvalue weighted by molar-refractivity contribution is 0.211. The van der Waals surface area contributed by atoms with E-state index in [0.29, 0.717) is 12.1 Å². The van der Waals surface area contributed by atoms with Crippen LogP contribution in [0.2, 0.25) is 0 Å². The molecule has 1 aliphatic rings. The van der Waals surface area contributed by atoms with Crippen molar-refractivity contribution in [1.29, 1.82) is 0 Å². The van der Waals surface area contributed by atoms with E-state index in [1.807, 2.05) is 0 Å². The Hall–Kier alpha value is -0.950. The van der Waals surface area contributed by atoms with Gasteiger partial charge in [0.25, 0.3) is 0 Å². The molecule has 0 aliphatic carbocycles. The summed E-state index contributed by atoms with van der Waals surface area (Å²) in [5.74, 6) is 2.73. The number of terminal acetylenes is 1. The lowest BCUT2D eigenvalue weighted by Gasteiger charge is -2.33. The molecular formula is C17H24N2S. The first-order valence-corrected chi connectivity index (χ1v) is 8.51. The van der Waals surface area contributed by atoms with E-state index in [9.17, 15) is 0 Å². The highest BCUT2D eigenvalue weighted by atomic mass is 32.2. The zero-order chi connectivity index (χ0) is 14.4. The number of hydrogen-bond acceptors (Lipinski definition) is 3. The SMILES string of the molecule is C#CCN1CCC(NC(C)c2ccc(SC)cc2)CC1. The summed E-state index contributed by atoms with van der Waals surface area (Å²) < 4.78 is 0. The zero-order valence-corrected chi connectivity index (χ0v) is 13.2. The van der Waals surface area contributed by atoms with Crippen LogP contribution < -0.4 is 5.32 Å². The second kappa shape index (κ2) is 7.73. The molecule has 2 rings (SSSR count).